The minimum absolute atomic E-state index is 0.370. The number of hydrogen-bond acceptors (Lipinski definition) is 5. The Balaban J connectivity index is 1.51. The zero-order valence-electron chi connectivity index (χ0n) is 15.5. The smallest absolute Gasteiger partial charge is 0.156 e. The van der Waals surface area contributed by atoms with E-state index in [0.717, 1.165) is 48.6 Å². The maximum Gasteiger partial charge on any atom is 0.156 e. The van der Waals surface area contributed by atoms with Crippen LogP contribution < -0.4 is 0 Å². The second kappa shape index (κ2) is 9.19. The molecule has 2 atom stereocenters. The molecule has 2 unspecified atom stereocenters. The first kappa shape index (κ1) is 18.9. The molecule has 1 aromatic heterocycles. The second-order valence-corrected chi connectivity index (χ2v) is 7.35. The van der Waals surface area contributed by atoms with Crippen LogP contribution in [0, 0.1) is 0 Å². The number of aryl methyl sites for hydroxylation is 1. The van der Waals surface area contributed by atoms with E-state index in [9.17, 15) is 0 Å². The van der Waals surface area contributed by atoms with Crippen LogP contribution in [0.1, 0.15) is 44.3 Å². The summed E-state index contributed by atoms with van der Waals surface area (Å²) in [6.45, 7) is 0. The standard InChI is InChI=1S/C19H27N5OS/c1-23(16-10-6-11-17(14-16)25-2)19(26)13-7-12-18-20-21-22-24(18)15-8-4-3-5-9-15/h3-5,8-9,16-17H,6-7,10-14H2,1-2H3. The lowest BCUT2D eigenvalue weighted by Gasteiger charge is -2.36. The lowest BCUT2D eigenvalue weighted by atomic mass is 9.92. The SMILES string of the molecule is COC1CCCC(N(C)C(=S)CCCc2nnnn2-c2ccccc2)C1. The third kappa shape index (κ3) is 4.65. The van der Waals surface area contributed by atoms with Crippen molar-refractivity contribution >= 4 is 17.2 Å². The molecule has 1 heterocycles. The Kier molecular flexibility index (Phi) is 6.68. The average Bonchev–Trinajstić information content (AvgIpc) is 3.16. The number of benzene rings is 1. The van der Waals surface area contributed by atoms with Gasteiger partial charge < -0.3 is 9.64 Å². The summed E-state index contributed by atoms with van der Waals surface area (Å²) in [5.74, 6) is 0.874. The minimum atomic E-state index is 0.370. The van der Waals surface area contributed by atoms with E-state index >= 15 is 0 Å². The molecule has 1 saturated carbocycles. The Morgan fingerprint density at radius 1 is 1.31 bits per heavy atom. The van der Waals surface area contributed by atoms with Crippen molar-refractivity contribution in [1.82, 2.24) is 25.1 Å². The normalized spacial score (nSPS) is 20.1. The van der Waals surface area contributed by atoms with Gasteiger partial charge in [-0.05, 0) is 61.1 Å². The van der Waals surface area contributed by atoms with Crippen LogP contribution in [0.4, 0.5) is 0 Å². The summed E-state index contributed by atoms with van der Waals surface area (Å²) in [4.78, 5) is 3.30. The van der Waals surface area contributed by atoms with Crippen LogP contribution in [-0.4, -0.2) is 56.4 Å². The molecule has 2 aromatic rings. The Morgan fingerprint density at radius 3 is 2.88 bits per heavy atom. The van der Waals surface area contributed by atoms with Crippen molar-refractivity contribution in [3.8, 4) is 5.69 Å². The number of nitrogens with zero attached hydrogens (tertiary/aromatic N) is 5. The molecule has 0 radical (unpaired) electrons. The first-order valence-electron chi connectivity index (χ1n) is 9.30. The molecular weight excluding hydrogens is 346 g/mol. The first-order chi connectivity index (χ1) is 12.7. The molecule has 0 bridgehead atoms. The van der Waals surface area contributed by atoms with Crippen LogP contribution in [0.3, 0.4) is 0 Å². The highest BCUT2D eigenvalue weighted by Gasteiger charge is 2.25. The molecule has 7 heteroatoms. The number of thiocarbonyl (C=S) groups is 1. The number of ether oxygens (including phenoxy) is 1. The van der Waals surface area contributed by atoms with Crippen LogP contribution in [-0.2, 0) is 11.2 Å². The van der Waals surface area contributed by atoms with E-state index in [1.807, 2.05) is 37.4 Å². The number of tetrazole rings is 1. The van der Waals surface area contributed by atoms with Crippen molar-refractivity contribution in [3.05, 3.63) is 36.2 Å². The fourth-order valence-electron chi connectivity index (χ4n) is 3.60. The molecule has 1 fully saturated rings. The molecule has 0 amide bonds. The molecule has 140 valence electrons. The molecule has 0 spiro atoms. The van der Waals surface area contributed by atoms with Gasteiger partial charge in [0, 0.05) is 26.6 Å². The molecule has 3 rings (SSSR count). The lowest BCUT2D eigenvalue weighted by molar-refractivity contribution is 0.0471. The number of methoxy groups -OCH3 is 1. The summed E-state index contributed by atoms with van der Waals surface area (Å²) in [5.41, 5.74) is 0.986. The van der Waals surface area contributed by atoms with Gasteiger partial charge in [-0.15, -0.1) is 5.10 Å². The van der Waals surface area contributed by atoms with E-state index in [2.05, 4.69) is 27.5 Å². The van der Waals surface area contributed by atoms with E-state index in [1.54, 1.807) is 4.68 Å². The van der Waals surface area contributed by atoms with E-state index in [1.165, 1.54) is 12.8 Å². The number of rotatable bonds is 7. The summed E-state index contributed by atoms with van der Waals surface area (Å²) < 4.78 is 7.34. The zero-order chi connectivity index (χ0) is 18.4. The molecule has 0 N–H and O–H groups in total. The van der Waals surface area contributed by atoms with E-state index in [0.29, 0.717) is 12.1 Å². The minimum Gasteiger partial charge on any atom is -0.381 e. The van der Waals surface area contributed by atoms with Crippen LogP contribution in [0.5, 0.6) is 0 Å². The second-order valence-electron chi connectivity index (χ2n) is 6.88. The summed E-state index contributed by atoms with van der Waals surface area (Å²) in [5, 5.41) is 12.1. The molecular formula is C19H27N5OS. The molecule has 0 aliphatic heterocycles. The molecule has 1 aromatic carbocycles. The Hall–Kier alpha value is -1.86. The van der Waals surface area contributed by atoms with Crippen molar-refractivity contribution in [3.63, 3.8) is 0 Å². The predicted octanol–water partition coefficient (Wildman–Crippen LogP) is 3.20. The van der Waals surface area contributed by atoms with Crippen LogP contribution in [0.15, 0.2) is 30.3 Å². The van der Waals surface area contributed by atoms with Gasteiger partial charge in [0.05, 0.1) is 16.8 Å². The Bertz CT molecular complexity index is 705. The largest absolute Gasteiger partial charge is 0.381 e. The molecule has 1 aliphatic rings. The highest BCUT2D eigenvalue weighted by Crippen LogP contribution is 2.25. The van der Waals surface area contributed by atoms with Gasteiger partial charge in [0.15, 0.2) is 5.82 Å². The van der Waals surface area contributed by atoms with Crippen molar-refractivity contribution in [2.24, 2.45) is 0 Å². The monoisotopic (exact) mass is 373 g/mol. The molecule has 1 aliphatic carbocycles. The summed E-state index contributed by atoms with van der Waals surface area (Å²) in [7, 11) is 3.93. The van der Waals surface area contributed by atoms with Gasteiger partial charge in [0.25, 0.3) is 0 Å². The van der Waals surface area contributed by atoms with Gasteiger partial charge in [-0.3, -0.25) is 0 Å². The Labute approximate surface area is 160 Å². The van der Waals surface area contributed by atoms with E-state index < -0.39 is 0 Å². The van der Waals surface area contributed by atoms with Crippen molar-refractivity contribution in [2.45, 2.75) is 57.1 Å². The maximum atomic E-state index is 5.68. The number of aromatic nitrogens is 4. The predicted molar refractivity (Wildman–Crippen MR) is 106 cm³/mol. The third-order valence-electron chi connectivity index (χ3n) is 5.20. The van der Waals surface area contributed by atoms with Crippen LogP contribution in [0.2, 0.25) is 0 Å². The lowest BCUT2D eigenvalue weighted by Crippen LogP contribution is -2.41. The van der Waals surface area contributed by atoms with Gasteiger partial charge in [-0.1, -0.05) is 30.4 Å². The average molecular weight is 374 g/mol. The van der Waals surface area contributed by atoms with Gasteiger partial charge in [-0.25, -0.2) is 0 Å². The highest BCUT2D eigenvalue weighted by molar-refractivity contribution is 7.80. The van der Waals surface area contributed by atoms with Gasteiger partial charge in [0.2, 0.25) is 0 Å². The first-order valence-corrected chi connectivity index (χ1v) is 9.71. The quantitative estimate of drug-likeness (QED) is 0.695. The highest BCUT2D eigenvalue weighted by atomic mass is 32.1. The van der Waals surface area contributed by atoms with Crippen molar-refractivity contribution < 1.29 is 4.74 Å². The Morgan fingerprint density at radius 2 is 2.12 bits per heavy atom. The zero-order valence-corrected chi connectivity index (χ0v) is 16.4. The van der Waals surface area contributed by atoms with E-state index in [-0.39, 0.29) is 0 Å². The van der Waals surface area contributed by atoms with E-state index in [4.69, 9.17) is 17.0 Å². The van der Waals surface area contributed by atoms with Crippen molar-refractivity contribution in [1.29, 1.82) is 0 Å². The van der Waals surface area contributed by atoms with Crippen molar-refractivity contribution in [2.75, 3.05) is 14.2 Å². The number of hydrogen-bond donors (Lipinski definition) is 0. The van der Waals surface area contributed by atoms with Crippen LogP contribution in [0.25, 0.3) is 5.69 Å². The fraction of sp³-hybridized carbons (Fsp3) is 0.579. The maximum absolute atomic E-state index is 5.68. The summed E-state index contributed by atoms with van der Waals surface area (Å²) in [6, 6.07) is 10.5. The topological polar surface area (TPSA) is 56.1 Å². The molecule has 0 saturated heterocycles. The summed E-state index contributed by atoms with van der Waals surface area (Å²) in [6.07, 6.45) is 7.63. The number of para-hydroxylation sites is 1. The van der Waals surface area contributed by atoms with Gasteiger partial charge in [-0.2, -0.15) is 4.68 Å². The van der Waals surface area contributed by atoms with Gasteiger partial charge in [0.1, 0.15) is 0 Å². The van der Waals surface area contributed by atoms with Crippen LogP contribution >= 0.6 is 12.2 Å². The fourth-order valence-corrected chi connectivity index (χ4v) is 3.89. The molecule has 26 heavy (non-hydrogen) atoms. The van der Waals surface area contributed by atoms with Gasteiger partial charge >= 0.3 is 0 Å². The summed E-state index contributed by atoms with van der Waals surface area (Å²) >= 11 is 5.68. The molecule has 6 nitrogen and oxygen atoms in total. The third-order valence-corrected chi connectivity index (χ3v) is 5.69.